The number of fused-ring (bicyclic) bond motifs is 9. The minimum Gasteiger partial charge on any atom is -0.208 e. The number of hydrogen-bond acceptors (Lipinski definition) is 6. The highest BCUT2D eigenvalue weighted by Crippen LogP contribution is 2.48. The fraction of sp³-hybridized carbons (Fsp3) is 0. The van der Waals surface area contributed by atoms with Crippen LogP contribution in [0.25, 0.3) is 117 Å². The van der Waals surface area contributed by atoms with Gasteiger partial charge in [0.25, 0.3) is 0 Å². The van der Waals surface area contributed by atoms with Gasteiger partial charge in [0.1, 0.15) is 0 Å². The molecule has 0 amide bonds. The van der Waals surface area contributed by atoms with Gasteiger partial charge in [-0.2, -0.15) is 0 Å². The zero-order valence-corrected chi connectivity index (χ0v) is 32.8. The lowest BCUT2D eigenvalue weighted by atomic mass is 9.94. The Labute approximate surface area is 339 Å². The molecule has 0 saturated heterocycles. The normalized spacial score (nSPS) is 11.9. The SMILES string of the molecule is c1ccc(-c2nc(-c3ccccc3)nc(-c3ccc4sc5cccc(-c6cccc7sc8c(-c9ccc%10c(c9)sc9ccccc9%10)cccc8c67)c5c4c3)n2)cc1. The Morgan fingerprint density at radius 3 is 1.53 bits per heavy atom. The smallest absolute Gasteiger partial charge is 0.164 e. The number of thiophene rings is 3. The summed E-state index contributed by atoms with van der Waals surface area (Å²) in [7, 11) is 0. The maximum absolute atomic E-state index is 5.06. The van der Waals surface area contributed by atoms with Crippen LogP contribution in [0.2, 0.25) is 0 Å². The molecule has 3 nitrogen and oxygen atoms in total. The molecular formula is C51H29N3S3. The van der Waals surface area contributed by atoms with Crippen molar-refractivity contribution in [2.45, 2.75) is 0 Å². The van der Waals surface area contributed by atoms with Crippen LogP contribution in [0.15, 0.2) is 176 Å². The zero-order valence-electron chi connectivity index (χ0n) is 30.3. The third kappa shape index (κ3) is 5.33. The molecule has 57 heavy (non-hydrogen) atoms. The topological polar surface area (TPSA) is 38.7 Å². The first kappa shape index (κ1) is 32.7. The lowest BCUT2D eigenvalue weighted by molar-refractivity contribution is 1.07. The molecule has 8 aromatic carbocycles. The second kappa shape index (κ2) is 13.0. The largest absolute Gasteiger partial charge is 0.208 e. The van der Waals surface area contributed by atoms with E-state index in [-0.39, 0.29) is 0 Å². The Morgan fingerprint density at radius 1 is 0.281 bits per heavy atom. The zero-order chi connectivity index (χ0) is 37.5. The van der Waals surface area contributed by atoms with Crippen LogP contribution in [0.3, 0.4) is 0 Å². The van der Waals surface area contributed by atoms with Gasteiger partial charge < -0.3 is 0 Å². The van der Waals surface area contributed by atoms with E-state index in [0.717, 1.165) is 16.7 Å². The van der Waals surface area contributed by atoms with Crippen LogP contribution in [0.4, 0.5) is 0 Å². The maximum atomic E-state index is 5.06. The van der Waals surface area contributed by atoms with E-state index < -0.39 is 0 Å². The lowest BCUT2D eigenvalue weighted by Gasteiger charge is -2.10. The van der Waals surface area contributed by atoms with Crippen molar-refractivity contribution in [2.75, 3.05) is 0 Å². The number of hydrogen-bond donors (Lipinski definition) is 0. The van der Waals surface area contributed by atoms with E-state index in [4.69, 9.17) is 15.0 Å². The summed E-state index contributed by atoms with van der Waals surface area (Å²) in [6, 6.07) is 63.1. The Kier molecular flexibility index (Phi) is 7.45. The van der Waals surface area contributed by atoms with Gasteiger partial charge in [-0.05, 0) is 64.7 Å². The van der Waals surface area contributed by atoms with Gasteiger partial charge in [0, 0.05) is 77.2 Å². The van der Waals surface area contributed by atoms with Gasteiger partial charge >= 0.3 is 0 Å². The van der Waals surface area contributed by atoms with Crippen molar-refractivity contribution >= 4 is 94.5 Å². The van der Waals surface area contributed by atoms with Gasteiger partial charge in [0.05, 0.1) is 0 Å². The van der Waals surface area contributed by atoms with E-state index in [9.17, 15) is 0 Å². The van der Waals surface area contributed by atoms with E-state index in [1.165, 1.54) is 82.8 Å². The summed E-state index contributed by atoms with van der Waals surface area (Å²) in [5, 5.41) is 7.73. The number of aromatic nitrogens is 3. The van der Waals surface area contributed by atoms with Crippen molar-refractivity contribution in [3.05, 3.63) is 176 Å². The molecule has 12 aromatic rings. The molecule has 6 heteroatoms. The number of benzene rings is 8. The first-order valence-corrected chi connectivity index (χ1v) is 21.4. The predicted molar refractivity (Wildman–Crippen MR) is 246 cm³/mol. The van der Waals surface area contributed by atoms with Crippen molar-refractivity contribution < 1.29 is 0 Å². The molecule has 0 radical (unpaired) electrons. The number of rotatable bonds is 5. The maximum Gasteiger partial charge on any atom is 0.164 e. The van der Waals surface area contributed by atoms with Gasteiger partial charge in [-0.1, -0.05) is 133 Å². The summed E-state index contributed by atoms with van der Waals surface area (Å²) in [6.45, 7) is 0. The predicted octanol–water partition coefficient (Wildman–Crippen LogP) is 15.3. The first-order chi connectivity index (χ1) is 28.2. The fourth-order valence-electron chi connectivity index (χ4n) is 8.32. The van der Waals surface area contributed by atoms with Gasteiger partial charge in [-0.15, -0.1) is 34.0 Å². The molecule has 0 saturated carbocycles. The van der Waals surface area contributed by atoms with E-state index in [1.807, 2.05) is 70.4 Å². The molecule has 0 bridgehead atoms. The van der Waals surface area contributed by atoms with Gasteiger partial charge in [-0.25, -0.2) is 15.0 Å². The minimum absolute atomic E-state index is 0.661. The summed E-state index contributed by atoms with van der Waals surface area (Å²) >= 11 is 5.61. The van der Waals surface area contributed by atoms with Crippen molar-refractivity contribution in [3.63, 3.8) is 0 Å². The average Bonchev–Trinajstić information content (AvgIpc) is 3.97. The Hall–Kier alpha value is -6.57. The lowest BCUT2D eigenvalue weighted by Crippen LogP contribution is -2.00. The van der Waals surface area contributed by atoms with Crippen LogP contribution >= 0.6 is 34.0 Å². The van der Waals surface area contributed by atoms with Crippen molar-refractivity contribution in [2.24, 2.45) is 0 Å². The molecule has 4 heterocycles. The highest BCUT2D eigenvalue weighted by molar-refractivity contribution is 7.27. The van der Waals surface area contributed by atoms with Gasteiger partial charge in [0.2, 0.25) is 0 Å². The molecule has 266 valence electrons. The summed E-state index contributed by atoms with van der Waals surface area (Å²) in [5.74, 6) is 1.98. The highest BCUT2D eigenvalue weighted by Gasteiger charge is 2.19. The van der Waals surface area contributed by atoms with Crippen LogP contribution in [-0.2, 0) is 0 Å². The molecule has 0 atom stereocenters. The molecule has 0 N–H and O–H groups in total. The van der Waals surface area contributed by atoms with E-state index in [2.05, 4.69) is 140 Å². The van der Waals surface area contributed by atoms with Crippen LogP contribution < -0.4 is 0 Å². The van der Waals surface area contributed by atoms with Gasteiger partial charge in [-0.3, -0.25) is 0 Å². The molecule has 0 unspecified atom stereocenters. The Balaban J connectivity index is 1.04. The molecule has 4 aromatic heterocycles. The van der Waals surface area contributed by atoms with Crippen molar-refractivity contribution in [1.82, 2.24) is 15.0 Å². The summed E-state index contributed by atoms with van der Waals surface area (Å²) in [5.41, 5.74) is 7.92. The monoisotopic (exact) mass is 779 g/mol. The number of nitrogens with zero attached hydrogens (tertiary/aromatic N) is 3. The molecule has 0 spiro atoms. The third-order valence-corrected chi connectivity index (χ3v) is 14.4. The summed E-state index contributed by atoms with van der Waals surface area (Å²) in [4.78, 5) is 15.1. The van der Waals surface area contributed by atoms with E-state index >= 15 is 0 Å². The van der Waals surface area contributed by atoms with Crippen molar-refractivity contribution in [1.29, 1.82) is 0 Å². The fourth-order valence-corrected chi connectivity index (χ4v) is 11.8. The molecular weight excluding hydrogens is 751 g/mol. The molecule has 0 fully saturated rings. The summed E-state index contributed by atoms with van der Waals surface area (Å²) < 4.78 is 7.78. The highest BCUT2D eigenvalue weighted by atomic mass is 32.1. The Bertz CT molecular complexity index is 3470. The molecule has 0 aliphatic rings. The molecule has 0 aliphatic carbocycles. The third-order valence-electron chi connectivity index (χ3n) is 11.0. The first-order valence-electron chi connectivity index (χ1n) is 18.9. The van der Waals surface area contributed by atoms with Crippen LogP contribution in [-0.4, -0.2) is 15.0 Å². The quantitative estimate of drug-likeness (QED) is 0.175. The minimum atomic E-state index is 0.661. The molecule has 12 rings (SSSR count). The second-order valence-electron chi connectivity index (χ2n) is 14.3. The molecule has 0 aliphatic heterocycles. The Morgan fingerprint density at radius 2 is 0.789 bits per heavy atom. The second-order valence-corrected chi connectivity index (χ2v) is 17.5. The van der Waals surface area contributed by atoms with Gasteiger partial charge in [0.15, 0.2) is 17.5 Å². The van der Waals surface area contributed by atoms with E-state index in [0.29, 0.717) is 17.5 Å². The van der Waals surface area contributed by atoms with Crippen molar-refractivity contribution in [3.8, 4) is 56.4 Å². The summed E-state index contributed by atoms with van der Waals surface area (Å²) in [6.07, 6.45) is 0. The van der Waals surface area contributed by atoms with Crippen LogP contribution in [0.5, 0.6) is 0 Å². The van der Waals surface area contributed by atoms with Crippen LogP contribution in [0.1, 0.15) is 0 Å². The standard InChI is InChI=1S/C51H29N3S3/c1-3-12-30(13-4-1)49-52-50(31-14-5-2-6-15-31)54-51(53-49)33-25-27-42-40(28-33)47-38(19-10-22-43(47)55-42)37-18-11-23-44-46(37)39-20-9-17-34(48(39)57-44)32-24-26-36-35-16-7-8-21-41(35)56-45(36)29-32/h1-29H. The average molecular weight is 780 g/mol. The van der Waals surface area contributed by atoms with E-state index in [1.54, 1.807) is 0 Å². The van der Waals surface area contributed by atoms with Crippen LogP contribution in [0, 0.1) is 0 Å².